The van der Waals surface area contributed by atoms with Crippen molar-refractivity contribution in [3.05, 3.63) is 24.3 Å². The number of benzene rings is 1. The lowest BCUT2D eigenvalue weighted by atomic mass is 10.1. The Bertz CT molecular complexity index is 388. The van der Waals surface area contributed by atoms with Crippen molar-refractivity contribution in [2.24, 2.45) is 0 Å². The van der Waals surface area contributed by atoms with Crippen molar-refractivity contribution < 1.29 is 18.7 Å². The Balaban J connectivity index is 2.26. The summed E-state index contributed by atoms with van der Waals surface area (Å²) in [5.74, 6) is 0.665. The molecule has 0 aromatic heterocycles. The summed E-state index contributed by atoms with van der Waals surface area (Å²) in [6.07, 6.45) is -0.476. The van der Waals surface area contributed by atoms with E-state index in [0.717, 1.165) is 5.69 Å². The average Bonchev–Trinajstić information content (AvgIpc) is 2.42. The molecule has 4 nitrogen and oxygen atoms in total. The third-order valence-electron chi connectivity index (χ3n) is 3.07. The quantitative estimate of drug-likeness (QED) is 0.772. The van der Waals surface area contributed by atoms with Gasteiger partial charge in [-0.3, -0.25) is 4.84 Å². The molecular formula is C13H18FNO3. The van der Waals surface area contributed by atoms with E-state index >= 15 is 0 Å². The highest BCUT2D eigenvalue weighted by molar-refractivity contribution is 5.57. The third kappa shape index (κ3) is 2.57. The molecule has 100 valence electrons. The molecule has 1 heterocycles. The van der Waals surface area contributed by atoms with Crippen molar-refractivity contribution in [1.82, 2.24) is 0 Å². The highest BCUT2D eigenvalue weighted by Gasteiger charge is 2.32. The first-order valence-corrected chi connectivity index (χ1v) is 5.96. The van der Waals surface area contributed by atoms with Gasteiger partial charge in [-0.05, 0) is 18.6 Å². The Morgan fingerprint density at radius 1 is 1.33 bits per heavy atom. The largest absolute Gasteiger partial charge is 0.494 e. The second kappa shape index (κ2) is 6.02. The second-order valence-corrected chi connectivity index (χ2v) is 4.13. The lowest BCUT2D eigenvalue weighted by Gasteiger charge is -2.36. The monoisotopic (exact) mass is 255 g/mol. The lowest BCUT2D eigenvalue weighted by molar-refractivity contribution is -0.00949. The van der Waals surface area contributed by atoms with Crippen molar-refractivity contribution in [2.45, 2.75) is 18.6 Å². The molecule has 0 spiro atoms. The zero-order valence-electron chi connectivity index (χ0n) is 10.6. The van der Waals surface area contributed by atoms with E-state index in [-0.39, 0.29) is 12.6 Å². The molecule has 0 amide bonds. The predicted molar refractivity (Wildman–Crippen MR) is 66.6 cm³/mol. The van der Waals surface area contributed by atoms with E-state index in [2.05, 4.69) is 0 Å². The van der Waals surface area contributed by atoms with Crippen LogP contribution in [0.4, 0.5) is 10.1 Å². The Kier molecular flexibility index (Phi) is 4.38. The molecule has 1 aliphatic rings. The summed E-state index contributed by atoms with van der Waals surface area (Å²) in [4.78, 5) is 5.35. The van der Waals surface area contributed by atoms with E-state index in [1.165, 1.54) is 7.11 Å². The van der Waals surface area contributed by atoms with Crippen molar-refractivity contribution in [2.75, 3.05) is 32.5 Å². The molecule has 5 heteroatoms. The summed E-state index contributed by atoms with van der Waals surface area (Å²) in [5.41, 5.74) is 0.733. The maximum atomic E-state index is 13.9. The van der Waals surface area contributed by atoms with Crippen LogP contribution >= 0.6 is 0 Å². The van der Waals surface area contributed by atoms with Crippen molar-refractivity contribution in [3.63, 3.8) is 0 Å². The van der Waals surface area contributed by atoms with E-state index in [1.807, 2.05) is 24.3 Å². The molecule has 2 unspecified atom stereocenters. The smallest absolute Gasteiger partial charge is 0.146 e. The molecule has 2 rings (SSSR count). The predicted octanol–water partition coefficient (Wildman–Crippen LogP) is 2.19. The van der Waals surface area contributed by atoms with Gasteiger partial charge < -0.3 is 9.47 Å². The summed E-state index contributed by atoms with van der Waals surface area (Å²) in [5, 5.41) is 1.58. The number of alkyl halides is 1. The number of ether oxygens (including phenoxy) is 2. The number of halogens is 1. The Morgan fingerprint density at radius 3 is 2.78 bits per heavy atom. The van der Waals surface area contributed by atoms with Crippen LogP contribution in [0.2, 0.25) is 0 Å². The fraction of sp³-hybridized carbons (Fsp3) is 0.538. The van der Waals surface area contributed by atoms with Crippen LogP contribution < -0.4 is 9.80 Å². The summed E-state index contributed by atoms with van der Waals surface area (Å²) >= 11 is 0. The van der Waals surface area contributed by atoms with Gasteiger partial charge in [-0.1, -0.05) is 12.1 Å². The molecular weight excluding hydrogens is 237 g/mol. The molecule has 0 bridgehead atoms. The molecule has 1 fully saturated rings. The highest BCUT2D eigenvalue weighted by atomic mass is 19.1. The summed E-state index contributed by atoms with van der Waals surface area (Å²) in [6, 6.07) is 7.07. The minimum atomic E-state index is -1.07. The van der Waals surface area contributed by atoms with Gasteiger partial charge in [0.2, 0.25) is 0 Å². The van der Waals surface area contributed by atoms with Gasteiger partial charge in [0.15, 0.2) is 0 Å². The summed E-state index contributed by atoms with van der Waals surface area (Å²) in [7, 11) is 3.12. The van der Waals surface area contributed by atoms with Gasteiger partial charge in [-0.25, -0.2) is 9.45 Å². The maximum Gasteiger partial charge on any atom is 0.146 e. The third-order valence-corrected chi connectivity index (χ3v) is 3.07. The van der Waals surface area contributed by atoms with Crippen LogP contribution in [0.3, 0.4) is 0 Å². The van der Waals surface area contributed by atoms with Gasteiger partial charge in [0.1, 0.15) is 17.6 Å². The molecule has 1 aromatic carbocycles. The van der Waals surface area contributed by atoms with Crippen LogP contribution in [-0.4, -0.2) is 39.6 Å². The first-order chi connectivity index (χ1) is 8.77. The minimum Gasteiger partial charge on any atom is -0.494 e. The Labute approximate surface area is 106 Å². The number of rotatable bonds is 4. The lowest BCUT2D eigenvalue weighted by Crippen LogP contribution is -2.47. The zero-order chi connectivity index (χ0) is 13.0. The molecule has 0 saturated carbocycles. The van der Waals surface area contributed by atoms with E-state index in [9.17, 15) is 4.39 Å². The van der Waals surface area contributed by atoms with Crippen molar-refractivity contribution >= 4 is 5.69 Å². The summed E-state index contributed by atoms with van der Waals surface area (Å²) < 4.78 is 24.3. The topological polar surface area (TPSA) is 30.9 Å². The first kappa shape index (κ1) is 13.1. The van der Waals surface area contributed by atoms with E-state index in [1.54, 1.807) is 12.2 Å². The van der Waals surface area contributed by atoms with E-state index < -0.39 is 6.17 Å². The molecule has 0 N–H and O–H groups in total. The van der Waals surface area contributed by atoms with Gasteiger partial charge in [0.05, 0.1) is 26.9 Å². The van der Waals surface area contributed by atoms with Gasteiger partial charge in [-0.15, -0.1) is 0 Å². The standard InChI is InChI=1S/C13H18FNO3/c1-16-13-6-4-3-5-12(13)15(17-2)11-7-8-18-9-10(11)14/h3-6,10-11H,7-9H2,1-2H3. The number of hydrogen-bond acceptors (Lipinski definition) is 4. The van der Waals surface area contributed by atoms with Crippen LogP contribution in [0.1, 0.15) is 6.42 Å². The molecule has 0 radical (unpaired) electrons. The molecule has 1 aliphatic heterocycles. The van der Waals surface area contributed by atoms with Gasteiger partial charge in [0.25, 0.3) is 0 Å². The summed E-state index contributed by atoms with van der Waals surface area (Å²) in [6.45, 7) is 0.653. The van der Waals surface area contributed by atoms with E-state index in [0.29, 0.717) is 18.8 Å². The number of nitrogens with zero attached hydrogens (tertiary/aromatic N) is 1. The number of hydrogen-bond donors (Lipinski definition) is 0. The second-order valence-electron chi connectivity index (χ2n) is 4.13. The molecule has 18 heavy (non-hydrogen) atoms. The Hall–Kier alpha value is -1.33. The van der Waals surface area contributed by atoms with Crippen LogP contribution in [0.5, 0.6) is 5.75 Å². The zero-order valence-corrected chi connectivity index (χ0v) is 10.6. The number of methoxy groups -OCH3 is 1. The minimum absolute atomic E-state index is 0.111. The van der Waals surface area contributed by atoms with Gasteiger partial charge >= 0.3 is 0 Å². The molecule has 1 aromatic rings. The van der Waals surface area contributed by atoms with Gasteiger partial charge in [0, 0.05) is 6.61 Å². The van der Waals surface area contributed by atoms with Crippen LogP contribution in [-0.2, 0) is 9.57 Å². The molecule has 2 atom stereocenters. The van der Waals surface area contributed by atoms with Crippen LogP contribution in [0.25, 0.3) is 0 Å². The normalized spacial score (nSPS) is 23.7. The van der Waals surface area contributed by atoms with Crippen molar-refractivity contribution in [1.29, 1.82) is 0 Å². The Morgan fingerprint density at radius 2 is 2.11 bits per heavy atom. The van der Waals surface area contributed by atoms with Crippen LogP contribution in [0.15, 0.2) is 24.3 Å². The number of anilines is 1. The fourth-order valence-electron chi connectivity index (χ4n) is 2.18. The maximum absolute atomic E-state index is 13.9. The first-order valence-electron chi connectivity index (χ1n) is 5.96. The van der Waals surface area contributed by atoms with E-state index in [4.69, 9.17) is 14.3 Å². The van der Waals surface area contributed by atoms with Crippen molar-refractivity contribution in [3.8, 4) is 5.75 Å². The molecule has 1 saturated heterocycles. The number of para-hydroxylation sites is 2. The average molecular weight is 255 g/mol. The van der Waals surface area contributed by atoms with Crippen LogP contribution in [0, 0.1) is 0 Å². The fourth-order valence-corrected chi connectivity index (χ4v) is 2.18. The molecule has 0 aliphatic carbocycles. The highest BCUT2D eigenvalue weighted by Crippen LogP contribution is 2.32. The number of hydroxylamine groups is 1. The van der Waals surface area contributed by atoms with Gasteiger partial charge in [-0.2, -0.15) is 0 Å². The SMILES string of the molecule is COc1ccccc1N(OC)C1CCOCC1F.